The van der Waals surface area contributed by atoms with Gasteiger partial charge in [0.25, 0.3) is 0 Å². The summed E-state index contributed by atoms with van der Waals surface area (Å²) in [5.41, 5.74) is 0. The summed E-state index contributed by atoms with van der Waals surface area (Å²) in [6, 6.07) is 0. The van der Waals surface area contributed by atoms with Gasteiger partial charge in [-0.1, -0.05) is 13.0 Å². The summed E-state index contributed by atoms with van der Waals surface area (Å²) >= 11 is 4.93. The highest BCUT2D eigenvalue weighted by atomic mass is 32.1. The van der Waals surface area contributed by atoms with Gasteiger partial charge in [-0.15, -0.1) is 6.58 Å². The molecule has 5 heteroatoms. The molecule has 0 radical (unpaired) electrons. The van der Waals surface area contributed by atoms with Gasteiger partial charge in [-0.3, -0.25) is 9.59 Å². The predicted octanol–water partition coefficient (Wildman–Crippen LogP) is 1.64. The Morgan fingerprint density at radius 2 is 2.18 bits per heavy atom. The van der Waals surface area contributed by atoms with Crippen LogP contribution in [0, 0.1) is 5.92 Å². The number of ether oxygens (including phenoxy) is 1. The van der Waals surface area contributed by atoms with Gasteiger partial charge in [-0.25, -0.2) is 0 Å². The Morgan fingerprint density at radius 3 is 2.71 bits per heavy atom. The Bertz CT molecular complexity index is 302. The molecule has 0 aliphatic heterocycles. The smallest absolute Gasteiger partial charge is 0.216 e. The van der Waals surface area contributed by atoms with Gasteiger partial charge in [0.2, 0.25) is 5.91 Å². The first-order valence-corrected chi connectivity index (χ1v) is 5.91. The van der Waals surface area contributed by atoms with Crippen LogP contribution in [0.1, 0.15) is 26.7 Å². The van der Waals surface area contributed by atoms with Crippen LogP contribution in [0.4, 0.5) is 0 Å². The number of hydrogen-bond acceptors (Lipinski definition) is 4. The number of allylic oxidation sites excluding steroid dienone is 1. The summed E-state index contributed by atoms with van der Waals surface area (Å²) < 4.78 is 5.16. The number of thiocarbonyl (C=S) groups is 1. The highest BCUT2D eigenvalue weighted by molar-refractivity contribution is 7.80. The summed E-state index contributed by atoms with van der Waals surface area (Å²) in [6.45, 7) is 7.54. The van der Waals surface area contributed by atoms with Crippen LogP contribution >= 0.6 is 12.2 Å². The molecule has 1 amide bonds. The van der Waals surface area contributed by atoms with Gasteiger partial charge in [0.05, 0.1) is 13.0 Å². The van der Waals surface area contributed by atoms with Crippen LogP contribution in [0.3, 0.4) is 0 Å². The number of rotatable bonds is 8. The Kier molecular flexibility index (Phi) is 8.23. The van der Waals surface area contributed by atoms with Crippen LogP contribution in [0.25, 0.3) is 0 Å². The van der Waals surface area contributed by atoms with E-state index >= 15 is 0 Å². The molecule has 4 nitrogen and oxygen atoms in total. The lowest BCUT2D eigenvalue weighted by Gasteiger charge is -2.10. The highest BCUT2D eigenvalue weighted by Gasteiger charge is 2.14. The first-order chi connectivity index (χ1) is 7.97. The normalized spacial score (nSPS) is 11.4. The Morgan fingerprint density at radius 1 is 1.53 bits per heavy atom. The van der Waals surface area contributed by atoms with Gasteiger partial charge < -0.3 is 10.1 Å². The average Bonchev–Trinajstić information content (AvgIpc) is 2.24. The second-order valence-corrected chi connectivity index (χ2v) is 4.23. The fraction of sp³-hybridized carbons (Fsp3) is 0.583. The molecule has 1 N–H and O–H groups in total. The molecule has 1 atom stereocenters. The van der Waals surface area contributed by atoms with E-state index in [-0.39, 0.29) is 29.1 Å². The van der Waals surface area contributed by atoms with E-state index in [0.717, 1.165) is 0 Å². The van der Waals surface area contributed by atoms with Gasteiger partial charge >= 0.3 is 0 Å². The lowest BCUT2D eigenvalue weighted by molar-refractivity contribution is -0.121. The quantitative estimate of drug-likeness (QED) is 0.408. The molecule has 0 aliphatic carbocycles. The number of amides is 1. The van der Waals surface area contributed by atoms with Crippen molar-refractivity contribution in [3.05, 3.63) is 12.7 Å². The van der Waals surface area contributed by atoms with E-state index in [9.17, 15) is 9.59 Å². The first kappa shape index (κ1) is 15.8. The largest absolute Gasteiger partial charge is 0.485 e. The number of Topliss-reactive ketones (excluding diaryl/α,β-unsaturated/α-hetero) is 1. The van der Waals surface area contributed by atoms with Gasteiger partial charge in [-0.2, -0.15) is 0 Å². The predicted molar refractivity (Wildman–Crippen MR) is 70.8 cm³/mol. The maximum Gasteiger partial charge on any atom is 0.216 e. The van der Waals surface area contributed by atoms with E-state index in [0.29, 0.717) is 19.6 Å². The molecular formula is C12H19NO3S. The molecule has 0 saturated heterocycles. The third-order valence-corrected chi connectivity index (χ3v) is 2.39. The van der Waals surface area contributed by atoms with Crippen molar-refractivity contribution in [1.29, 1.82) is 0 Å². The van der Waals surface area contributed by atoms with Gasteiger partial charge in [-0.05, 0) is 18.6 Å². The van der Waals surface area contributed by atoms with E-state index in [1.165, 1.54) is 6.92 Å². The van der Waals surface area contributed by atoms with E-state index in [4.69, 9.17) is 17.0 Å². The van der Waals surface area contributed by atoms with Gasteiger partial charge in [0.1, 0.15) is 12.4 Å². The maximum absolute atomic E-state index is 11.6. The van der Waals surface area contributed by atoms with Crippen LogP contribution in [0.5, 0.6) is 0 Å². The second kappa shape index (κ2) is 8.87. The summed E-state index contributed by atoms with van der Waals surface area (Å²) in [4.78, 5) is 22.2. The van der Waals surface area contributed by atoms with Crippen molar-refractivity contribution in [1.82, 2.24) is 5.32 Å². The minimum absolute atomic E-state index is 0.0504. The second-order valence-electron chi connectivity index (χ2n) is 3.77. The molecular weight excluding hydrogens is 238 g/mol. The standard InChI is InChI=1S/C12H19NO3S/c1-4-5-9(2)11(15)8-12(17)16-7-6-13-10(3)14/h4,9H,1,5-8H2,2-3H3,(H,13,14). The van der Waals surface area contributed by atoms with Gasteiger partial charge in [0.15, 0.2) is 5.05 Å². The summed E-state index contributed by atoms with van der Waals surface area (Å²) in [5.74, 6) is -0.144. The molecule has 0 aromatic rings. The van der Waals surface area contributed by atoms with Crippen molar-refractivity contribution in [2.45, 2.75) is 26.7 Å². The zero-order valence-electron chi connectivity index (χ0n) is 10.3. The van der Waals surface area contributed by atoms with Crippen LogP contribution in [-0.4, -0.2) is 29.9 Å². The van der Waals surface area contributed by atoms with Crippen molar-refractivity contribution in [3.63, 3.8) is 0 Å². The van der Waals surface area contributed by atoms with Crippen molar-refractivity contribution in [3.8, 4) is 0 Å². The molecule has 0 aliphatic rings. The highest BCUT2D eigenvalue weighted by Crippen LogP contribution is 2.07. The minimum Gasteiger partial charge on any atom is -0.485 e. The summed E-state index contributed by atoms with van der Waals surface area (Å²) in [6.07, 6.45) is 2.50. The molecule has 0 bridgehead atoms. The van der Waals surface area contributed by atoms with Crippen LogP contribution < -0.4 is 5.32 Å². The number of nitrogens with one attached hydrogen (secondary N) is 1. The Balaban J connectivity index is 3.74. The zero-order valence-corrected chi connectivity index (χ0v) is 11.1. The molecule has 1 unspecified atom stereocenters. The number of carbonyl (C=O) groups excluding carboxylic acids is 2. The molecule has 0 fully saturated rings. The summed E-state index contributed by atoms with van der Waals surface area (Å²) in [7, 11) is 0. The first-order valence-electron chi connectivity index (χ1n) is 5.51. The summed E-state index contributed by atoms with van der Waals surface area (Å²) in [5, 5.41) is 2.85. The number of ketones is 1. The van der Waals surface area contributed by atoms with Crippen LogP contribution in [0.15, 0.2) is 12.7 Å². The van der Waals surface area contributed by atoms with Crippen molar-refractivity contribution < 1.29 is 14.3 Å². The van der Waals surface area contributed by atoms with E-state index in [1.807, 2.05) is 6.92 Å². The van der Waals surface area contributed by atoms with Crippen molar-refractivity contribution in [2.24, 2.45) is 5.92 Å². The van der Waals surface area contributed by atoms with E-state index in [2.05, 4.69) is 11.9 Å². The number of hydrogen-bond donors (Lipinski definition) is 1. The minimum atomic E-state index is -0.116. The molecule has 96 valence electrons. The molecule has 0 aromatic heterocycles. The lowest BCUT2D eigenvalue weighted by atomic mass is 10.0. The van der Waals surface area contributed by atoms with E-state index in [1.54, 1.807) is 6.08 Å². The Hall–Kier alpha value is -1.23. The molecule has 0 aromatic carbocycles. The van der Waals surface area contributed by atoms with Gasteiger partial charge in [0, 0.05) is 12.8 Å². The van der Waals surface area contributed by atoms with Crippen molar-refractivity contribution in [2.75, 3.05) is 13.2 Å². The van der Waals surface area contributed by atoms with Crippen LogP contribution in [0.2, 0.25) is 0 Å². The topological polar surface area (TPSA) is 55.4 Å². The lowest BCUT2D eigenvalue weighted by Crippen LogP contribution is -2.26. The van der Waals surface area contributed by atoms with Crippen LogP contribution in [-0.2, 0) is 14.3 Å². The third-order valence-electron chi connectivity index (χ3n) is 2.13. The molecule has 0 spiro atoms. The SMILES string of the molecule is C=CCC(C)C(=O)CC(=S)OCCNC(C)=O. The Labute approximate surface area is 107 Å². The monoisotopic (exact) mass is 257 g/mol. The molecule has 0 heterocycles. The molecule has 17 heavy (non-hydrogen) atoms. The fourth-order valence-electron chi connectivity index (χ4n) is 1.14. The van der Waals surface area contributed by atoms with E-state index < -0.39 is 0 Å². The fourth-order valence-corrected chi connectivity index (χ4v) is 1.37. The zero-order chi connectivity index (χ0) is 13.3. The molecule has 0 saturated carbocycles. The van der Waals surface area contributed by atoms with Crippen molar-refractivity contribution >= 4 is 29.0 Å². The average molecular weight is 257 g/mol. The molecule has 0 rings (SSSR count). The third kappa shape index (κ3) is 8.56. The number of carbonyl (C=O) groups is 2. The maximum atomic E-state index is 11.6.